The van der Waals surface area contributed by atoms with Crippen molar-refractivity contribution >= 4 is 22.7 Å². The monoisotopic (exact) mass is 391 g/mol. The molecule has 0 spiro atoms. The lowest BCUT2D eigenvalue weighted by atomic mass is 9.81. The van der Waals surface area contributed by atoms with Crippen molar-refractivity contribution < 1.29 is 14.8 Å². The molecule has 29 heavy (non-hydrogen) atoms. The molecule has 4 rings (SSSR count). The molecule has 0 bridgehead atoms. The van der Waals surface area contributed by atoms with Crippen LogP contribution in [0.15, 0.2) is 54.7 Å². The third-order valence-electron chi connectivity index (χ3n) is 6.15. The van der Waals surface area contributed by atoms with E-state index in [1.807, 2.05) is 68.6 Å². The molecule has 1 aromatic heterocycles. The number of para-hydroxylation sites is 1. The minimum Gasteiger partial charge on any atom is -0.361 e. The predicted molar refractivity (Wildman–Crippen MR) is 111 cm³/mol. The number of aryl methyl sites for hydroxylation is 1. The lowest BCUT2D eigenvalue weighted by Gasteiger charge is -2.29. The first-order valence-electron chi connectivity index (χ1n) is 9.81. The van der Waals surface area contributed by atoms with Crippen LogP contribution < -0.4 is 5.48 Å². The van der Waals surface area contributed by atoms with Gasteiger partial charge in [-0.2, -0.15) is 0 Å². The van der Waals surface area contributed by atoms with Gasteiger partial charge in [-0.3, -0.25) is 14.8 Å². The van der Waals surface area contributed by atoms with Gasteiger partial charge in [0.2, 0.25) is 5.91 Å². The van der Waals surface area contributed by atoms with Crippen LogP contribution in [0.3, 0.4) is 0 Å². The van der Waals surface area contributed by atoms with Gasteiger partial charge in [0.1, 0.15) is 6.04 Å². The molecule has 1 aliphatic rings. The molecule has 6 heteroatoms. The van der Waals surface area contributed by atoms with E-state index < -0.39 is 17.4 Å². The molecule has 0 radical (unpaired) electrons. The lowest BCUT2D eigenvalue weighted by molar-refractivity contribution is -0.143. The number of amides is 2. The summed E-state index contributed by atoms with van der Waals surface area (Å²) in [5, 5.41) is 10.3. The lowest BCUT2D eigenvalue weighted by Crippen LogP contribution is -2.50. The van der Waals surface area contributed by atoms with Gasteiger partial charge in [0.25, 0.3) is 5.91 Å². The van der Waals surface area contributed by atoms with Crippen molar-refractivity contribution in [3.8, 4) is 0 Å². The highest BCUT2D eigenvalue weighted by molar-refractivity contribution is 5.95. The van der Waals surface area contributed by atoms with Crippen molar-refractivity contribution in [3.63, 3.8) is 0 Å². The second-order valence-corrected chi connectivity index (χ2v) is 8.00. The zero-order valence-corrected chi connectivity index (χ0v) is 16.6. The maximum absolute atomic E-state index is 13.4. The summed E-state index contributed by atoms with van der Waals surface area (Å²) >= 11 is 0. The highest BCUT2D eigenvalue weighted by Crippen LogP contribution is 2.37. The molecule has 3 N–H and O–H groups in total. The van der Waals surface area contributed by atoms with E-state index in [0.717, 1.165) is 27.6 Å². The Kier molecular flexibility index (Phi) is 4.88. The summed E-state index contributed by atoms with van der Waals surface area (Å²) in [5.41, 5.74) is 5.07. The van der Waals surface area contributed by atoms with Crippen LogP contribution in [0.2, 0.25) is 0 Å². The SMILES string of the molecule is Cc1ccc(C2(C)CCN(C(Cc3c[nH]c4ccccc34)C(=O)NO)C2=O)cc1. The minimum atomic E-state index is -0.779. The van der Waals surface area contributed by atoms with Gasteiger partial charge in [0, 0.05) is 30.1 Å². The van der Waals surface area contributed by atoms with E-state index in [1.54, 1.807) is 10.4 Å². The number of benzene rings is 2. The topological polar surface area (TPSA) is 85.4 Å². The molecule has 1 saturated heterocycles. The van der Waals surface area contributed by atoms with Gasteiger partial charge >= 0.3 is 0 Å². The molecule has 3 aromatic rings. The first kappa shape index (κ1) is 19.2. The molecule has 0 saturated carbocycles. The highest BCUT2D eigenvalue weighted by Gasteiger charge is 2.47. The van der Waals surface area contributed by atoms with E-state index in [0.29, 0.717) is 19.4 Å². The second-order valence-electron chi connectivity index (χ2n) is 8.00. The Hall–Kier alpha value is -3.12. The normalized spacial score (nSPS) is 20.2. The highest BCUT2D eigenvalue weighted by atomic mass is 16.5. The summed E-state index contributed by atoms with van der Waals surface area (Å²) < 4.78 is 0. The summed E-state index contributed by atoms with van der Waals surface area (Å²) in [5.74, 6) is -0.661. The molecule has 6 nitrogen and oxygen atoms in total. The molecule has 2 amide bonds. The summed E-state index contributed by atoms with van der Waals surface area (Å²) in [6.07, 6.45) is 2.81. The van der Waals surface area contributed by atoms with Crippen molar-refractivity contribution in [1.82, 2.24) is 15.4 Å². The fourth-order valence-corrected chi connectivity index (χ4v) is 4.28. The third-order valence-corrected chi connectivity index (χ3v) is 6.15. The van der Waals surface area contributed by atoms with Crippen molar-refractivity contribution in [2.24, 2.45) is 0 Å². The van der Waals surface area contributed by atoms with E-state index in [2.05, 4.69) is 4.98 Å². The first-order valence-corrected chi connectivity index (χ1v) is 9.81. The number of nitrogens with one attached hydrogen (secondary N) is 2. The molecule has 0 aliphatic carbocycles. The van der Waals surface area contributed by atoms with Crippen LogP contribution in [0.5, 0.6) is 0 Å². The van der Waals surface area contributed by atoms with Crippen LogP contribution in [-0.2, 0) is 21.4 Å². The van der Waals surface area contributed by atoms with Crippen molar-refractivity contribution in [1.29, 1.82) is 0 Å². The Labute approximate surface area is 169 Å². The van der Waals surface area contributed by atoms with E-state index in [9.17, 15) is 14.8 Å². The maximum Gasteiger partial charge on any atom is 0.266 e. The predicted octanol–water partition coefficient (Wildman–Crippen LogP) is 3.08. The van der Waals surface area contributed by atoms with Gasteiger partial charge in [0.15, 0.2) is 0 Å². The number of nitrogens with zero attached hydrogens (tertiary/aromatic N) is 1. The number of likely N-dealkylation sites (tertiary alicyclic amines) is 1. The molecule has 1 aliphatic heterocycles. The largest absolute Gasteiger partial charge is 0.361 e. The average molecular weight is 391 g/mol. The van der Waals surface area contributed by atoms with Crippen LogP contribution in [0.1, 0.15) is 30.0 Å². The number of hydrogen-bond donors (Lipinski definition) is 3. The number of hydroxylamine groups is 1. The Morgan fingerprint density at radius 1 is 1.24 bits per heavy atom. The van der Waals surface area contributed by atoms with Crippen LogP contribution in [-0.4, -0.2) is 39.5 Å². The number of carbonyl (C=O) groups is 2. The van der Waals surface area contributed by atoms with Crippen LogP contribution in [0, 0.1) is 6.92 Å². The van der Waals surface area contributed by atoms with Gasteiger partial charge in [-0.1, -0.05) is 48.0 Å². The van der Waals surface area contributed by atoms with Gasteiger partial charge in [-0.15, -0.1) is 0 Å². The number of carbonyl (C=O) groups excluding carboxylic acids is 2. The van der Waals surface area contributed by atoms with Crippen molar-refractivity contribution in [2.75, 3.05) is 6.54 Å². The Morgan fingerprint density at radius 2 is 1.97 bits per heavy atom. The minimum absolute atomic E-state index is 0.0882. The van der Waals surface area contributed by atoms with Crippen LogP contribution >= 0.6 is 0 Å². The number of aromatic nitrogens is 1. The van der Waals surface area contributed by atoms with E-state index >= 15 is 0 Å². The number of H-pyrrole nitrogens is 1. The van der Waals surface area contributed by atoms with Gasteiger partial charge in [0.05, 0.1) is 5.41 Å². The molecule has 1 fully saturated rings. The van der Waals surface area contributed by atoms with E-state index in [4.69, 9.17) is 0 Å². The first-order chi connectivity index (χ1) is 13.9. The van der Waals surface area contributed by atoms with Crippen LogP contribution in [0.25, 0.3) is 10.9 Å². The fourth-order valence-electron chi connectivity index (χ4n) is 4.28. The third kappa shape index (κ3) is 3.29. The zero-order chi connectivity index (χ0) is 20.6. The second kappa shape index (κ2) is 7.37. The molecule has 150 valence electrons. The van der Waals surface area contributed by atoms with Gasteiger partial charge < -0.3 is 9.88 Å². The molecule has 2 heterocycles. The van der Waals surface area contributed by atoms with Gasteiger partial charge in [-0.05, 0) is 37.5 Å². The number of hydrogen-bond acceptors (Lipinski definition) is 3. The molecular weight excluding hydrogens is 366 g/mol. The maximum atomic E-state index is 13.4. The van der Waals surface area contributed by atoms with Gasteiger partial charge in [-0.25, -0.2) is 5.48 Å². The average Bonchev–Trinajstić information content (AvgIpc) is 3.28. The Balaban J connectivity index is 1.65. The smallest absolute Gasteiger partial charge is 0.266 e. The van der Waals surface area contributed by atoms with Crippen LogP contribution in [0.4, 0.5) is 0 Å². The number of fused-ring (bicyclic) bond motifs is 1. The standard InChI is InChI=1S/C23H25N3O3/c1-15-7-9-17(10-8-15)23(2)11-12-26(22(23)28)20(21(27)25-29)13-16-14-24-19-6-4-3-5-18(16)19/h3-10,14,20,24,29H,11-13H2,1-2H3,(H,25,27). The summed E-state index contributed by atoms with van der Waals surface area (Å²) in [6.45, 7) is 4.40. The zero-order valence-electron chi connectivity index (χ0n) is 16.6. The number of rotatable bonds is 5. The quantitative estimate of drug-likeness (QED) is 0.462. The Bertz CT molecular complexity index is 1060. The summed E-state index contributed by atoms with van der Waals surface area (Å²) in [7, 11) is 0. The van der Waals surface area contributed by atoms with Crippen molar-refractivity contribution in [3.05, 3.63) is 71.4 Å². The molecular formula is C23H25N3O3. The van der Waals surface area contributed by atoms with Crippen molar-refractivity contribution in [2.45, 2.75) is 38.1 Å². The number of aromatic amines is 1. The summed E-state index contributed by atoms with van der Waals surface area (Å²) in [4.78, 5) is 30.8. The molecule has 2 aromatic carbocycles. The Morgan fingerprint density at radius 3 is 2.69 bits per heavy atom. The molecule has 2 unspecified atom stereocenters. The van der Waals surface area contributed by atoms with E-state index in [1.165, 1.54) is 0 Å². The molecule has 2 atom stereocenters. The summed E-state index contributed by atoms with van der Waals surface area (Å²) in [6, 6.07) is 15.0. The van der Waals surface area contributed by atoms with E-state index in [-0.39, 0.29) is 5.91 Å². The fraction of sp³-hybridized carbons (Fsp3) is 0.304.